The highest BCUT2D eigenvalue weighted by Crippen LogP contribution is 2.31. The summed E-state index contributed by atoms with van der Waals surface area (Å²) < 4.78 is 0. The predicted molar refractivity (Wildman–Crippen MR) is 62.2 cm³/mol. The molecule has 0 saturated carbocycles. The fourth-order valence-electron chi connectivity index (χ4n) is 1.92. The third kappa shape index (κ3) is 1.67. The first-order chi connectivity index (χ1) is 7.09. The van der Waals surface area contributed by atoms with Crippen molar-refractivity contribution in [2.45, 2.75) is 26.7 Å². The van der Waals surface area contributed by atoms with E-state index in [1.54, 1.807) is 0 Å². The van der Waals surface area contributed by atoms with Crippen LogP contribution in [0.5, 0.6) is 5.75 Å². The van der Waals surface area contributed by atoms with E-state index < -0.39 is 0 Å². The number of fused-ring (bicyclic) bond motifs is 1. The molecule has 0 aliphatic carbocycles. The van der Waals surface area contributed by atoms with Gasteiger partial charge in [0.2, 0.25) is 0 Å². The molecule has 1 heterocycles. The minimum absolute atomic E-state index is 0.295. The van der Waals surface area contributed by atoms with Crippen LogP contribution in [0.1, 0.15) is 30.9 Å². The number of rotatable bonds is 1. The number of hydrogen-bond acceptors (Lipinski definition) is 2. The molecule has 0 saturated heterocycles. The number of benzene rings is 1. The summed E-state index contributed by atoms with van der Waals surface area (Å²) in [4.78, 5) is 4.21. The van der Waals surface area contributed by atoms with Gasteiger partial charge in [0.1, 0.15) is 5.75 Å². The number of aromatic hydroxyl groups is 1. The molecular weight excluding hydrogens is 186 g/mol. The average molecular weight is 201 g/mol. The van der Waals surface area contributed by atoms with Crippen LogP contribution in [-0.4, -0.2) is 10.1 Å². The Labute approximate surface area is 89.6 Å². The number of nitrogens with zero attached hydrogens (tertiary/aromatic N) is 1. The van der Waals surface area contributed by atoms with E-state index in [4.69, 9.17) is 0 Å². The molecule has 0 aliphatic heterocycles. The molecule has 0 fully saturated rings. The maximum atomic E-state index is 9.81. The van der Waals surface area contributed by atoms with Gasteiger partial charge in [0.05, 0.1) is 11.7 Å². The lowest BCUT2D eigenvalue weighted by molar-refractivity contribution is 0.464. The second-order valence-electron chi connectivity index (χ2n) is 4.23. The van der Waals surface area contributed by atoms with Crippen LogP contribution in [0, 0.1) is 6.92 Å². The Bertz CT molecular complexity index is 498. The number of aromatic nitrogens is 1. The van der Waals surface area contributed by atoms with Crippen LogP contribution in [-0.2, 0) is 0 Å². The van der Waals surface area contributed by atoms with Gasteiger partial charge < -0.3 is 5.11 Å². The summed E-state index contributed by atoms with van der Waals surface area (Å²) in [5.74, 6) is 0.598. The minimum atomic E-state index is 0.295. The predicted octanol–water partition coefficient (Wildman–Crippen LogP) is 3.37. The Kier molecular flexibility index (Phi) is 2.35. The first-order valence-electron chi connectivity index (χ1n) is 5.18. The van der Waals surface area contributed by atoms with Crippen LogP contribution in [0.4, 0.5) is 0 Å². The molecule has 2 nitrogen and oxygen atoms in total. The smallest absolute Gasteiger partial charge is 0.137 e. The van der Waals surface area contributed by atoms with Crippen molar-refractivity contribution < 1.29 is 5.11 Å². The molecule has 0 bridgehead atoms. The van der Waals surface area contributed by atoms with Gasteiger partial charge in [0.25, 0.3) is 0 Å². The Morgan fingerprint density at radius 3 is 2.67 bits per heavy atom. The zero-order valence-corrected chi connectivity index (χ0v) is 9.28. The van der Waals surface area contributed by atoms with Crippen LogP contribution in [0.25, 0.3) is 10.9 Å². The maximum Gasteiger partial charge on any atom is 0.137 e. The lowest BCUT2D eigenvalue weighted by Gasteiger charge is -2.11. The number of pyridine rings is 1. The SMILES string of the molecule is Cc1ccc2ncc(O)c(C(C)C)c2c1. The van der Waals surface area contributed by atoms with Gasteiger partial charge in [-0.05, 0) is 25.0 Å². The third-order valence-electron chi connectivity index (χ3n) is 2.62. The molecule has 0 aliphatic rings. The molecular formula is C13H15NO. The van der Waals surface area contributed by atoms with Gasteiger partial charge in [-0.3, -0.25) is 4.98 Å². The normalized spacial score (nSPS) is 11.2. The lowest BCUT2D eigenvalue weighted by atomic mass is 9.97. The van der Waals surface area contributed by atoms with Crippen molar-refractivity contribution >= 4 is 10.9 Å². The van der Waals surface area contributed by atoms with E-state index in [2.05, 4.69) is 24.9 Å². The van der Waals surface area contributed by atoms with Crippen LogP contribution in [0.3, 0.4) is 0 Å². The largest absolute Gasteiger partial charge is 0.506 e. The standard InChI is InChI=1S/C13H15NO/c1-8(2)13-10-6-9(3)4-5-11(10)14-7-12(13)15/h4-8,15H,1-3H3. The summed E-state index contributed by atoms with van der Waals surface area (Å²) in [6, 6.07) is 6.11. The van der Waals surface area contributed by atoms with Gasteiger partial charge in [-0.2, -0.15) is 0 Å². The third-order valence-corrected chi connectivity index (χ3v) is 2.62. The van der Waals surface area contributed by atoms with E-state index in [9.17, 15) is 5.11 Å². The van der Waals surface area contributed by atoms with E-state index in [0.717, 1.165) is 16.5 Å². The van der Waals surface area contributed by atoms with Gasteiger partial charge in [-0.15, -0.1) is 0 Å². The molecule has 2 heteroatoms. The van der Waals surface area contributed by atoms with E-state index in [1.165, 1.54) is 11.8 Å². The summed E-state index contributed by atoms with van der Waals surface area (Å²) in [7, 11) is 0. The molecule has 15 heavy (non-hydrogen) atoms. The van der Waals surface area contributed by atoms with E-state index >= 15 is 0 Å². The second kappa shape index (κ2) is 3.54. The quantitative estimate of drug-likeness (QED) is 0.767. The first kappa shape index (κ1) is 9.97. The fourth-order valence-corrected chi connectivity index (χ4v) is 1.92. The van der Waals surface area contributed by atoms with E-state index in [1.807, 2.05) is 19.1 Å². The minimum Gasteiger partial charge on any atom is -0.506 e. The van der Waals surface area contributed by atoms with Crippen molar-refractivity contribution in [3.8, 4) is 5.75 Å². The first-order valence-corrected chi connectivity index (χ1v) is 5.18. The van der Waals surface area contributed by atoms with Crippen molar-refractivity contribution in [3.63, 3.8) is 0 Å². The molecule has 2 rings (SSSR count). The number of hydrogen-bond donors (Lipinski definition) is 1. The Balaban J connectivity index is 2.84. The summed E-state index contributed by atoms with van der Waals surface area (Å²) in [6.45, 7) is 6.21. The Morgan fingerprint density at radius 2 is 2.00 bits per heavy atom. The van der Waals surface area contributed by atoms with Crippen LogP contribution < -0.4 is 0 Å². The van der Waals surface area contributed by atoms with E-state index in [0.29, 0.717) is 11.7 Å². The fraction of sp³-hybridized carbons (Fsp3) is 0.308. The maximum absolute atomic E-state index is 9.81. The van der Waals surface area contributed by atoms with Gasteiger partial charge in [0, 0.05) is 10.9 Å². The van der Waals surface area contributed by atoms with Crippen molar-refractivity contribution in [1.82, 2.24) is 4.98 Å². The van der Waals surface area contributed by atoms with Crippen molar-refractivity contribution in [2.75, 3.05) is 0 Å². The van der Waals surface area contributed by atoms with Gasteiger partial charge in [-0.1, -0.05) is 25.5 Å². The van der Waals surface area contributed by atoms with Crippen LogP contribution in [0.2, 0.25) is 0 Å². The highest BCUT2D eigenvalue weighted by molar-refractivity contribution is 5.85. The molecule has 0 amide bonds. The zero-order valence-electron chi connectivity index (χ0n) is 9.28. The van der Waals surface area contributed by atoms with Crippen molar-refractivity contribution in [3.05, 3.63) is 35.5 Å². The molecule has 0 atom stereocenters. The zero-order chi connectivity index (χ0) is 11.0. The van der Waals surface area contributed by atoms with Gasteiger partial charge in [-0.25, -0.2) is 0 Å². The highest BCUT2D eigenvalue weighted by Gasteiger charge is 2.11. The van der Waals surface area contributed by atoms with E-state index in [-0.39, 0.29) is 0 Å². The molecule has 78 valence electrons. The van der Waals surface area contributed by atoms with Crippen molar-refractivity contribution in [1.29, 1.82) is 0 Å². The topological polar surface area (TPSA) is 33.1 Å². The average Bonchev–Trinajstić information content (AvgIpc) is 2.16. The Hall–Kier alpha value is -1.57. The second-order valence-corrected chi connectivity index (χ2v) is 4.23. The molecule has 1 N–H and O–H groups in total. The molecule has 1 aromatic heterocycles. The number of aryl methyl sites for hydroxylation is 1. The molecule has 1 aromatic carbocycles. The summed E-state index contributed by atoms with van der Waals surface area (Å²) in [5, 5.41) is 10.9. The molecule has 0 radical (unpaired) electrons. The molecule has 0 spiro atoms. The summed E-state index contributed by atoms with van der Waals surface area (Å²) in [5.41, 5.74) is 3.13. The van der Waals surface area contributed by atoms with Gasteiger partial charge >= 0.3 is 0 Å². The van der Waals surface area contributed by atoms with Crippen LogP contribution in [0.15, 0.2) is 24.4 Å². The highest BCUT2D eigenvalue weighted by atomic mass is 16.3. The monoisotopic (exact) mass is 201 g/mol. The molecule has 0 unspecified atom stereocenters. The summed E-state index contributed by atoms with van der Waals surface area (Å²) >= 11 is 0. The van der Waals surface area contributed by atoms with Gasteiger partial charge in [0.15, 0.2) is 0 Å². The lowest BCUT2D eigenvalue weighted by Crippen LogP contribution is -1.93. The molecule has 2 aromatic rings. The Morgan fingerprint density at radius 1 is 1.27 bits per heavy atom. The summed E-state index contributed by atoms with van der Waals surface area (Å²) in [6.07, 6.45) is 1.53. The van der Waals surface area contributed by atoms with Crippen molar-refractivity contribution in [2.24, 2.45) is 0 Å². The van der Waals surface area contributed by atoms with Crippen LogP contribution >= 0.6 is 0 Å².